The number of H-pyrrole nitrogens is 1. The van der Waals surface area contributed by atoms with Gasteiger partial charge in [0.15, 0.2) is 11.9 Å². The Kier molecular flexibility index (Phi) is 5.62. The molecule has 132 valence electrons. The van der Waals surface area contributed by atoms with Crippen LogP contribution in [0.1, 0.15) is 16.8 Å². The molecular formula is C16H15ClN2O5S. The number of aromatic amines is 1. The van der Waals surface area contributed by atoms with E-state index in [1.807, 2.05) is 6.07 Å². The molecular weight excluding hydrogens is 368 g/mol. The number of benzene rings is 1. The van der Waals surface area contributed by atoms with Crippen molar-refractivity contribution in [1.29, 1.82) is 0 Å². The van der Waals surface area contributed by atoms with Crippen molar-refractivity contribution in [3.05, 3.63) is 50.4 Å². The van der Waals surface area contributed by atoms with Crippen LogP contribution in [-0.2, 0) is 33.0 Å². The van der Waals surface area contributed by atoms with E-state index in [0.717, 1.165) is 16.9 Å². The van der Waals surface area contributed by atoms with Crippen LogP contribution < -0.4 is 10.3 Å². The van der Waals surface area contributed by atoms with Crippen molar-refractivity contribution in [3.63, 3.8) is 0 Å². The van der Waals surface area contributed by atoms with Gasteiger partial charge in [0.25, 0.3) is 5.56 Å². The molecule has 0 unspecified atom stereocenters. The predicted molar refractivity (Wildman–Crippen MR) is 91.9 cm³/mol. The number of esters is 1. The van der Waals surface area contributed by atoms with E-state index >= 15 is 0 Å². The third kappa shape index (κ3) is 4.53. The molecule has 2 heterocycles. The highest BCUT2D eigenvalue weighted by molar-refractivity contribution is 7.98. The van der Waals surface area contributed by atoms with Gasteiger partial charge < -0.3 is 19.2 Å². The summed E-state index contributed by atoms with van der Waals surface area (Å²) in [6.07, 6.45) is -0.0546. The highest BCUT2D eigenvalue weighted by atomic mass is 35.5. The van der Waals surface area contributed by atoms with Gasteiger partial charge in [-0.15, -0.1) is 0 Å². The molecule has 1 aliphatic heterocycles. The maximum absolute atomic E-state index is 11.8. The number of carbonyl (C=O) groups excluding carboxylic acids is 1. The van der Waals surface area contributed by atoms with E-state index < -0.39 is 5.97 Å². The summed E-state index contributed by atoms with van der Waals surface area (Å²) in [4.78, 5) is 30.0. The van der Waals surface area contributed by atoms with Gasteiger partial charge in [-0.1, -0.05) is 23.4 Å². The average molecular weight is 383 g/mol. The molecule has 3 rings (SSSR count). The Hall–Kier alpha value is -2.03. The molecule has 1 aromatic carbocycles. The molecule has 0 fully saturated rings. The SMILES string of the molecule is COC(=O)Cc1cc(=O)[nH]c(SCc2cc(Cl)cc3c2OCOC3)n1. The summed E-state index contributed by atoms with van der Waals surface area (Å²) in [6.45, 7) is 0.632. The molecule has 1 N–H and O–H groups in total. The summed E-state index contributed by atoms with van der Waals surface area (Å²) in [6, 6.07) is 4.90. The standard InChI is InChI=1S/C16H15ClN2O5S/c1-22-14(21)5-12-4-13(20)19-16(18-12)25-7-10-3-11(17)2-9-6-23-8-24-15(9)10/h2-4H,5-8H2,1H3,(H,18,19,20). The molecule has 7 nitrogen and oxygen atoms in total. The highest BCUT2D eigenvalue weighted by Crippen LogP contribution is 2.34. The third-order valence-electron chi connectivity index (χ3n) is 3.44. The van der Waals surface area contributed by atoms with Gasteiger partial charge in [0.2, 0.25) is 0 Å². The Bertz CT molecular complexity index is 855. The number of rotatable bonds is 5. The minimum atomic E-state index is -0.452. The number of carbonyl (C=O) groups is 1. The topological polar surface area (TPSA) is 90.5 Å². The number of aromatic nitrogens is 2. The normalized spacial score (nSPS) is 13.0. The monoisotopic (exact) mass is 382 g/mol. The van der Waals surface area contributed by atoms with E-state index in [1.165, 1.54) is 24.9 Å². The summed E-state index contributed by atoms with van der Waals surface area (Å²) < 4.78 is 15.4. The molecule has 25 heavy (non-hydrogen) atoms. The Labute approximate surface area is 152 Å². The number of thioether (sulfide) groups is 1. The second-order valence-electron chi connectivity index (χ2n) is 5.25. The van der Waals surface area contributed by atoms with Gasteiger partial charge in [0.05, 0.1) is 25.8 Å². The number of methoxy groups -OCH3 is 1. The van der Waals surface area contributed by atoms with E-state index in [4.69, 9.17) is 21.1 Å². The van der Waals surface area contributed by atoms with Gasteiger partial charge in [-0.05, 0) is 12.1 Å². The van der Waals surface area contributed by atoms with Crippen molar-refractivity contribution in [2.45, 2.75) is 23.9 Å². The van der Waals surface area contributed by atoms with Crippen LogP contribution in [0.2, 0.25) is 5.02 Å². The molecule has 0 radical (unpaired) electrons. The first-order valence-electron chi connectivity index (χ1n) is 7.37. The molecule has 0 atom stereocenters. The van der Waals surface area contributed by atoms with Crippen LogP contribution in [0.3, 0.4) is 0 Å². The first-order valence-corrected chi connectivity index (χ1v) is 8.73. The molecule has 0 bridgehead atoms. The molecule has 2 aromatic rings. The molecule has 0 spiro atoms. The lowest BCUT2D eigenvalue weighted by Crippen LogP contribution is -2.14. The van der Waals surface area contributed by atoms with E-state index in [0.29, 0.717) is 28.2 Å². The summed E-state index contributed by atoms with van der Waals surface area (Å²) >= 11 is 7.46. The van der Waals surface area contributed by atoms with Crippen LogP contribution >= 0.6 is 23.4 Å². The number of fused-ring (bicyclic) bond motifs is 1. The van der Waals surface area contributed by atoms with Crippen LogP contribution in [0.15, 0.2) is 28.2 Å². The molecule has 1 aromatic heterocycles. The number of nitrogens with zero attached hydrogens (tertiary/aromatic N) is 1. The van der Waals surface area contributed by atoms with Crippen molar-refractivity contribution in [1.82, 2.24) is 9.97 Å². The van der Waals surface area contributed by atoms with Gasteiger partial charge in [-0.3, -0.25) is 9.59 Å². The maximum atomic E-state index is 11.8. The molecule has 0 saturated heterocycles. The molecule has 0 aliphatic carbocycles. The molecule has 1 aliphatic rings. The van der Waals surface area contributed by atoms with Crippen LogP contribution in [0, 0.1) is 0 Å². The predicted octanol–water partition coefficient (Wildman–Crippen LogP) is 2.30. The fraction of sp³-hybridized carbons (Fsp3) is 0.312. The second-order valence-corrected chi connectivity index (χ2v) is 6.65. The lowest BCUT2D eigenvalue weighted by atomic mass is 10.1. The first-order chi connectivity index (χ1) is 12.0. The highest BCUT2D eigenvalue weighted by Gasteiger charge is 2.17. The van der Waals surface area contributed by atoms with E-state index in [2.05, 4.69) is 14.7 Å². The van der Waals surface area contributed by atoms with Crippen LogP contribution in [0.4, 0.5) is 0 Å². The summed E-state index contributed by atoms with van der Waals surface area (Å²) in [5.41, 5.74) is 1.80. The quantitative estimate of drug-likeness (QED) is 0.482. The number of hydrogen-bond donors (Lipinski definition) is 1. The van der Waals surface area contributed by atoms with Gasteiger partial charge >= 0.3 is 5.97 Å². The summed E-state index contributed by atoms with van der Waals surface area (Å²) in [5.74, 6) is 0.788. The Morgan fingerprint density at radius 3 is 3.08 bits per heavy atom. The minimum absolute atomic E-state index is 0.0546. The maximum Gasteiger partial charge on any atom is 0.311 e. The van der Waals surface area contributed by atoms with Crippen LogP contribution in [0.5, 0.6) is 5.75 Å². The van der Waals surface area contributed by atoms with Crippen LogP contribution in [0.25, 0.3) is 0 Å². The Morgan fingerprint density at radius 1 is 1.44 bits per heavy atom. The number of hydrogen-bond acceptors (Lipinski definition) is 7. The largest absolute Gasteiger partial charge is 0.469 e. The second kappa shape index (κ2) is 7.90. The Balaban J connectivity index is 1.79. The lowest BCUT2D eigenvalue weighted by molar-refractivity contribution is -0.139. The fourth-order valence-electron chi connectivity index (χ4n) is 2.37. The van der Waals surface area contributed by atoms with Crippen molar-refractivity contribution in [2.24, 2.45) is 0 Å². The van der Waals surface area contributed by atoms with Gasteiger partial charge in [0, 0.05) is 28.0 Å². The van der Waals surface area contributed by atoms with E-state index in [-0.39, 0.29) is 18.8 Å². The zero-order chi connectivity index (χ0) is 17.8. The Morgan fingerprint density at radius 2 is 2.28 bits per heavy atom. The number of halogens is 1. The summed E-state index contributed by atoms with van der Waals surface area (Å²) in [5, 5.41) is 0.997. The third-order valence-corrected chi connectivity index (χ3v) is 4.58. The zero-order valence-corrected chi connectivity index (χ0v) is 14.9. The fourth-order valence-corrected chi connectivity index (χ4v) is 3.50. The van der Waals surface area contributed by atoms with Crippen molar-refractivity contribution >= 4 is 29.3 Å². The van der Waals surface area contributed by atoms with E-state index in [9.17, 15) is 9.59 Å². The van der Waals surface area contributed by atoms with E-state index in [1.54, 1.807) is 6.07 Å². The number of nitrogens with one attached hydrogen (secondary N) is 1. The minimum Gasteiger partial charge on any atom is -0.469 e. The molecule has 9 heteroatoms. The zero-order valence-electron chi connectivity index (χ0n) is 13.3. The number of ether oxygens (including phenoxy) is 3. The molecule has 0 amide bonds. The van der Waals surface area contributed by atoms with Crippen molar-refractivity contribution in [2.75, 3.05) is 13.9 Å². The van der Waals surface area contributed by atoms with Crippen molar-refractivity contribution < 1.29 is 19.0 Å². The molecule has 0 saturated carbocycles. The summed E-state index contributed by atoms with van der Waals surface area (Å²) in [7, 11) is 1.29. The average Bonchev–Trinajstić information content (AvgIpc) is 2.59. The first kappa shape index (κ1) is 17.8. The van der Waals surface area contributed by atoms with Crippen molar-refractivity contribution in [3.8, 4) is 5.75 Å². The van der Waals surface area contributed by atoms with Gasteiger partial charge in [-0.25, -0.2) is 4.98 Å². The van der Waals surface area contributed by atoms with Gasteiger partial charge in [-0.2, -0.15) is 0 Å². The van der Waals surface area contributed by atoms with Crippen LogP contribution in [-0.4, -0.2) is 29.8 Å². The smallest absolute Gasteiger partial charge is 0.311 e. The lowest BCUT2D eigenvalue weighted by Gasteiger charge is -2.20. The van der Waals surface area contributed by atoms with Gasteiger partial charge in [0.1, 0.15) is 5.75 Å².